The van der Waals surface area contributed by atoms with E-state index < -0.39 is 19.7 Å². The number of rotatable bonds is 6. The van der Waals surface area contributed by atoms with Crippen LogP contribution in [0.2, 0.25) is 5.02 Å². The van der Waals surface area contributed by atoms with Crippen LogP contribution < -0.4 is 4.90 Å². The Bertz CT molecular complexity index is 1050. The van der Waals surface area contributed by atoms with Crippen molar-refractivity contribution >= 4 is 47.6 Å². The molecule has 1 aliphatic rings. The van der Waals surface area contributed by atoms with E-state index in [1.54, 1.807) is 6.92 Å². The molecular weight excluding hydrogens is 440 g/mol. The van der Waals surface area contributed by atoms with Crippen molar-refractivity contribution < 1.29 is 16.8 Å². The lowest BCUT2D eigenvalue weighted by Gasteiger charge is -2.31. The van der Waals surface area contributed by atoms with Gasteiger partial charge in [0, 0.05) is 18.1 Å². The van der Waals surface area contributed by atoms with Crippen molar-refractivity contribution in [3.63, 3.8) is 0 Å². The van der Waals surface area contributed by atoms with Crippen LogP contribution in [-0.4, -0.2) is 40.7 Å². The predicted molar refractivity (Wildman–Crippen MR) is 112 cm³/mol. The van der Waals surface area contributed by atoms with Crippen LogP contribution in [0.15, 0.2) is 38.5 Å². The highest BCUT2D eigenvalue weighted by Gasteiger charge is 2.33. The summed E-state index contributed by atoms with van der Waals surface area (Å²) < 4.78 is 51.5. The molecule has 154 valence electrons. The number of benzene rings is 1. The largest absolute Gasteiger partial charge is 0.361 e. The first-order chi connectivity index (χ1) is 13.1. The molecule has 0 N–H and O–H groups in total. The molecule has 1 saturated heterocycles. The molecule has 0 spiro atoms. The van der Waals surface area contributed by atoms with Crippen LogP contribution in [0.25, 0.3) is 0 Å². The Morgan fingerprint density at radius 3 is 2.50 bits per heavy atom. The molecule has 1 aromatic heterocycles. The molecule has 1 aliphatic heterocycles. The summed E-state index contributed by atoms with van der Waals surface area (Å²) in [5.41, 5.74) is 0. The van der Waals surface area contributed by atoms with E-state index >= 15 is 0 Å². The molecule has 0 bridgehead atoms. The Morgan fingerprint density at radius 2 is 1.89 bits per heavy atom. The molecule has 2 heterocycles. The number of thiazole rings is 1. The summed E-state index contributed by atoms with van der Waals surface area (Å²) >= 11 is 6.84. The van der Waals surface area contributed by atoms with Gasteiger partial charge in [-0.1, -0.05) is 36.8 Å². The molecule has 0 radical (unpaired) electrons. The maximum Gasteiger partial charge on any atom is 0.226 e. The van der Waals surface area contributed by atoms with Gasteiger partial charge in [0.1, 0.15) is 5.00 Å². The number of nitrogens with zero attached hydrogens (tertiary/aromatic N) is 2. The van der Waals surface area contributed by atoms with E-state index in [4.69, 9.17) is 11.6 Å². The Kier molecular flexibility index (Phi) is 6.38. The second-order valence-electron chi connectivity index (χ2n) is 7.06. The van der Waals surface area contributed by atoms with Gasteiger partial charge in [0.2, 0.25) is 24.0 Å². The van der Waals surface area contributed by atoms with Gasteiger partial charge in [0.05, 0.1) is 10.6 Å². The zero-order valence-electron chi connectivity index (χ0n) is 15.8. The summed E-state index contributed by atoms with van der Waals surface area (Å²) in [5.74, 6) is 0.342. The number of halogens is 1. The van der Waals surface area contributed by atoms with E-state index in [0.29, 0.717) is 35.5 Å². The number of anilines is 1. The minimum atomic E-state index is -3.97. The third-order valence-corrected chi connectivity index (χ3v) is 10.2. The average Bonchev–Trinajstić information content (AvgIpc) is 3.09. The van der Waals surface area contributed by atoms with Crippen LogP contribution in [0.4, 0.5) is 5.00 Å². The van der Waals surface area contributed by atoms with Crippen molar-refractivity contribution in [2.75, 3.05) is 23.7 Å². The van der Waals surface area contributed by atoms with Crippen molar-refractivity contribution in [2.45, 2.75) is 47.4 Å². The monoisotopic (exact) mass is 462 g/mol. The van der Waals surface area contributed by atoms with Crippen LogP contribution in [0.1, 0.15) is 33.1 Å². The molecule has 0 aliphatic carbocycles. The molecular formula is C18H23ClN2O4S3. The van der Waals surface area contributed by atoms with Crippen molar-refractivity contribution in [2.24, 2.45) is 5.92 Å². The maximum atomic E-state index is 13.3. The lowest BCUT2D eigenvalue weighted by molar-refractivity contribution is 0.446. The smallest absolute Gasteiger partial charge is 0.226 e. The summed E-state index contributed by atoms with van der Waals surface area (Å²) in [4.78, 5) is 6.15. The summed E-state index contributed by atoms with van der Waals surface area (Å²) in [5, 5.41) is 0.660. The Labute approximate surface area is 175 Å². The van der Waals surface area contributed by atoms with Gasteiger partial charge in [-0.15, -0.1) is 0 Å². The average molecular weight is 463 g/mol. The van der Waals surface area contributed by atoms with Gasteiger partial charge in [-0.05, 0) is 49.4 Å². The first kappa shape index (κ1) is 21.5. The molecule has 10 heteroatoms. The lowest BCUT2D eigenvalue weighted by Crippen LogP contribution is -2.34. The third-order valence-electron chi connectivity index (χ3n) is 4.62. The van der Waals surface area contributed by atoms with Crippen molar-refractivity contribution in [1.29, 1.82) is 0 Å². The van der Waals surface area contributed by atoms with Gasteiger partial charge >= 0.3 is 0 Å². The number of piperidine rings is 1. The SMILES string of the molecule is CCCS(=O)(=O)c1nc(S(=O)(=O)c2ccc(Cl)cc2)c(N2CCC[C@H](C)C2)s1. The summed E-state index contributed by atoms with van der Waals surface area (Å²) in [7, 11) is -7.59. The predicted octanol–water partition coefficient (Wildman–Crippen LogP) is 4.05. The first-order valence-electron chi connectivity index (χ1n) is 9.14. The fraction of sp³-hybridized carbons (Fsp3) is 0.500. The van der Waals surface area contributed by atoms with E-state index in [0.717, 1.165) is 24.2 Å². The highest BCUT2D eigenvalue weighted by molar-refractivity contribution is 7.94. The number of aromatic nitrogens is 1. The fourth-order valence-electron chi connectivity index (χ4n) is 3.24. The number of hydrogen-bond acceptors (Lipinski definition) is 7. The second kappa shape index (κ2) is 8.30. The molecule has 2 aromatic rings. The summed E-state index contributed by atoms with van der Waals surface area (Å²) in [6, 6.07) is 5.83. The Balaban J connectivity index is 2.15. The highest BCUT2D eigenvalue weighted by Crippen LogP contribution is 2.39. The molecule has 1 fully saturated rings. The normalized spacial score (nSPS) is 18.4. The van der Waals surface area contributed by atoms with E-state index in [9.17, 15) is 16.8 Å². The third kappa shape index (κ3) is 4.37. The minimum absolute atomic E-state index is 0.0490. The van der Waals surface area contributed by atoms with Crippen molar-refractivity contribution in [3.05, 3.63) is 29.3 Å². The second-order valence-corrected chi connectivity index (χ2v) is 12.6. The zero-order chi connectivity index (χ0) is 20.5. The van der Waals surface area contributed by atoms with Crippen LogP contribution >= 0.6 is 22.9 Å². The number of sulfone groups is 2. The fourth-order valence-corrected chi connectivity index (χ4v) is 7.89. The first-order valence-corrected chi connectivity index (χ1v) is 13.5. The topological polar surface area (TPSA) is 84.4 Å². The highest BCUT2D eigenvalue weighted by atomic mass is 35.5. The Morgan fingerprint density at radius 1 is 1.21 bits per heavy atom. The molecule has 0 unspecified atom stereocenters. The van der Waals surface area contributed by atoms with Gasteiger partial charge < -0.3 is 4.90 Å². The standard InChI is InChI=1S/C18H23ClN2O4S3/c1-3-11-27(22,23)18-20-16(17(26-18)21-10-4-5-13(2)12-21)28(24,25)15-8-6-14(19)7-9-15/h6-9,13H,3-5,10-12H2,1-2H3/t13-/m0/s1. The molecule has 1 atom stereocenters. The van der Waals surface area contributed by atoms with Gasteiger partial charge in [0.15, 0.2) is 5.03 Å². The van der Waals surface area contributed by atoms with Gasteiger partial charge in [-0.2, -0.15) is 0 Å². The van der Waals surface area contributed by atoms with E-state index in [1.165, 1.54) is 24.3 Å². The van der Waals surface area contributed by atoms with Crippen LogP contribution in [0, 0.1) is 5.92 Å². The molecule has 1 aromatic carbocycles. The van der Waals surface area contributed by atoms with Crippen LogP contribution in [-0.2, 0) is 19.7 Å². The maximum absolute atomic E-state index is 13.3. The molecule has 6 nitrogen and oxygen atoms in total. The van der Waals surface area contributed by atoms with Gasteiger partial charge in [-0.25, -0.2) is 21.8 Å². The molecule has 0 saturated carbocycles. The minimum Gasteiger partial charge on any atom is -0.361 e. The lowest BCUT2D eigenvalue weighted by atomic mass is 10.0. The molecule has 3 rings (SSSR count). The van der Waals surface area contributed by atoms with Crippen LogP contribution in [0.3, 0.4) is 0 Å². The van der Waals surface area contributed by atoms with Gasteiger partial charge in [0.25, 0.3) is 0 Å². The van der Waals surface area contributed by atoms with Crippen LogP contribution in [0.5, 0.6) is 0 Å². The van der Waals surface area contributed by atoms with E-state index in [-0.39, 0.29) is 20.0 Å². The summed E-state index contributed by atoms with van der Waals surface area (Å²) in [6.45, 7) is 5.24. The van der Waals surface area contributed by atoms with Gasteiger partial charge in [-0.3, -0.25) is 0 Å². The van der Waals surface area contributed by atoms with Crippen molar-refractivity contribution in [3.8, 4) is 0 Å². The number of hydrogen-bond donors (Lipinski definition) is 0. The molecule has 0 amide bonds. The van der Waals surface area contributed by atoms with E-state index in [2.05, 4.69) is 11.9 Å². The van der Waals surface area contributed by atoms with E-state index in [1.807, 2.05) is 4.90 Å². The quantitative estimate of drug-likeness (QED) is 0.643. The van der Waals surface area contributed by atoms with Crippen molar-refractivity contribution in [1.82, 2.24) is 4.98 Å². The molecule has 28 heavy (non-hydrogen) atoms. The Hall–Kier alpha value is -1.16. The zero-order valence-corrected chi connectivity index (χ0v) is 19.0. The summed E-state index contributed by atoms with van der Waals surface area (Å²) in [6.07, 6.45) is 2.43.